The smallest absolute Gasteiger partial charge is 0.151 e. The topological polar surface area (TPSA) is 38.9 Å². The monoisotopic (exact) mass is 302 g/mol. The molecule has 1 aromatic heterocycles. The van der Waals surface area contributed by atoms with Crippen molar-refractivity contribution in [1.29, 1.82) is 0 Å². The molecular formula is C10H8FIN2. The maximum absolute atomic E-state index is 13.5. The Morgan fingerprint density at radius 3 is 2.86 bits per heavy atom. The van der Waals surface area contributed by atoms with Crippen LogP contribution >= 0.6 is 22.6 Å². The lowest BCUT2D eigenvalue weighted by molar-refractivity contribution is 0.637. The number of hydrogen-bond donors (Lipinski definition) is 1. The molecule has 0 aliphatic rings. The van der Waals surface area contributed by atoms with E-state index >= 15 is 0 Å². The van der Waals surface area contributed by atoms with Crippen LogP contribution in [0.1, 0.15) is 5.69 Å². The Hall–Kier alpha value is -0.910. The minimum absolute atomic E-state index is 0.360. The van der Waals surface area contributed by atoms with Gasteiger partial charge in [-0.05, 0) is 41.6 Å². The van der Waals surface area contributed by atoms with Gasteiger partial charge in [0.1, 0.15) is 5.52 Å². The van der Waals surface area contributed by atoms with Crippen LogP contribution in [0.2, 0.25) is 0 Å². The third kappa shape index (κ3) is 1.43. The Balaban J connectivity index is 2.94. The Labute approximate surface area is 94.5 Å². The van der Waals surface area contributed by atoms with Gasteiger partial charge in [0.25, 0.3) is 0 Å². The van der Waals surface area contributed by atoms with E-state index in [-0.39, 0.29) is 5.82 Å². The van der Waals surface area contributed by atoms with Crippen molar-refractivity contribution in [3.8, 4) is 0 Å². The van der Waals surface area contributed by atoms with E-state index in [4.69, 9.17) is 5.73 Å². The first-order valence-electron chi connectivity index (χ1n) is 4.10. The van der Waals surface area contributed by atoms with Crippen LogP contribution in [0.4, 0.5) is 10.1 Å². The standard InChI is InChI=1S/C10H8FIN2/c1-5-2-3-6-9(12)8(13)4-7(11)10(6)14-5/h2-4H,13H2,1H3. The number of benzene rings is 1. The number of nitrogen functional groups attached to an aromatic ring is 1. The maximum atomic E-state index is 13.5. The third-order valence-electron chi connectivity index (χ3n) is 2.03. The lowest BCUT2D eigenvalue weighted by Crippen LogP contribution is -1.95. The predicted molar refractivity (Wildman–Crippen MR) is 63.6 cm³/mol. The highest BCUT2D eigenvalue weighted by Gasteiger charge is 2.09. The molecule has 0 bridgehead atoms. The second kappa shape index (κ2) is 3.34. The molecule has 0 unspecified atom stereocenters. The molecule has 0 aliphatic heterocycles. The lowest BCUT2D eigenvalue weighted by Gasteiger charge is -2.05. The minimum Gasteiger partial charge on any atom is -0.398 e. The molecule has 14 heavy (non-hydrogen) atoms. The molecule has 0 atom stereocenters. The molecule has 2 rings (SSSR count). The van der Waals surface area contributed by atoms with E-state index in [0.29, 0.717) is 11.2 Å². The molecule has 2 nitrogen and oxygen atoms in total. The summed E-state index contributed by atoms with van der Waals surface area (Å²) in [5, 5.41) is 0.772. The zero-order valence-electron chi connectivity index (χ0n) is 7.51. The summed E-state index contributed by atoms with van der Waals surface area (Å²) < 4.78 is 14.3. The number of aryl methyl sites for hydroxylation is 1. The van der Waals surface area contributed by atoms with Gasteiger partial charge in [-0.25, -0.2) is 4.39 Å². The quantitative estimate of drug-likeness (QED) is 0.600. The molecule has 0 saturated carbocycles. The first-order valence-corrected chi connectivity index (χ1v) is 5.18. The van der Waals surface area contributed by atoms with Gasteiger partial charge < -0.3 is 5.73 Å². The molecular weight excluding hydrogens is 294 g/mol. The number of halogens is 2. The summed E-state index contributed by atoms with van der Waals surface area (Å²) in [6, 6.07) is 5.01. The first-order chi connectivity index (χ1) is 6.59. The van der Waals surface area contributed by atoms with Crippen molar-refractivity contribution in [3.05, 3.63) is 33.3 Å². The number of nitrogens with two attached hydrogens (primary N) is 1. The Morgan fingerprint density at radius 1 is 1.43 bits per heavy atom. The molecule has 0 amide bonds. The fourth-order valence-electron chi connectivity index (χ4n) is 1.34. The van der Waals surface area contributed by atoms with Crippen molar-refractivity contribution in [1.82, 2.24) is 4.98 Å². The Morgan fingerprint density at radius 2 is 2.14 bits per heavy atom. The molecule has 1 aromatic carbocycles. The molecule has 0 radical (unpaired) electrons. The van der Waals surface area contributed by atoms with E-state index in [2.05, 4.69) is 27.6 Å². The molecule has 72 valence electrons. The van der Waals surface area contributed by atoms with Gasteiger partial charge in [0.05, 0.1) is 0 Å². The van der Waals surface area contributed by atoms with E-state index in [9.17, 15) is 4.39 Å². The number of aromatic nitrogens is 1. The summed E-state index contributed by atoms with van der Waals surface area (Å²) in [6.07, 6.45) is 0. The normalized spacial score (nSPS) is 10.8. The number of anilines is 1. The predicted octanol–water partition coefficient (Wildman–Crippen LogP) is 2.87. The molecule has 1 heterocycles. The molecule has 0 aliphatic carbocycles. The molecule has 2 N–H and O–H groups in total. The second-order valence-corrected chi connectivity index (χ2v) is 4.19. The van der Waals surface area contributed by atoms with Gasteiger partial charge >= 0.3 is 0 Å². The second-order valence-electron chi connectivity index (χ2n) is 3.11. The van der Waals surface area contributed by atoms with Gasteiger partial charge in [-0.2, -0.15) is 0 Å². The van der Waals surface area contributed by atoms with Crippen LogP contribution in [-0.4, -0.2) is 4.98 Å². The van der Waals surface area contributed by atoms with E-state index in [0.717, 1.165) is 14.7 Å². The summed E-state index contributed by atoms with van der Waals surface area (Å²) >= 11 is 2.10. The maximum Gasteiger partial charge on any atom is 0.151 e. The molecule has 0 saturated heterocycles. The summed E-state index contributed by atoms with van der Waals surface area (Å²) in [5.41, 5.74) is 7.30. The van der Waals surface area contributed by atoms with Crippen LogP contribution < -0.4 is 5.73 Å². The molecule has 0 fully saturated rings. The number of nitrogens with zero attached hydrogens (tertiary/aromatic N) is 1. The van der Waals surface area contributed by atoms with Gasteiger partial charge in [0.15, 0.2) is 5.82 Å². The van der Waals surface area contributed by atoms with Crippen molar-refractivity contribution in [2.24, 2.45) is 0 Å². The largest absolute Gasteiger partial charge is 0.398 e. The first kappa shape index (κ1) is 9.64. The van der Waals surface area contributed by atoms with Gasteiger partial charge in [-0.3, -0.25) is 4.98 Å². The molecule has 0 spiro atoms. The summed E-state index contributed by atoms with van der Waals surface area (Å²) in [7, 11) is 0. The summed E-state index contributed by atoms with van der Waals surface area (Å²) in [6.45, 7) is 1.84. The fraction of sp³-hybridized carbons (Fsp3) is 0.100. The van der Waals surface area contributed by atoms with E-state index in [1.165, 1.54) is 6.07 Å². The summed E-state index contributed by atoms with van der Waals surface area (Å²) in [4.78, 5) is 4.14. The minimum atomic E-state index is -0.360. The van der Waals surface area contributed by atoms with Crippen LogP contribution in [0.25, 0.3) is 10.9 Å². The zero-order chi connectivity index (χ0) is 10.3. The van der Waals surface area contributed by atoms with Crippen LogP contribution in [0.3, 0.4) is 0 Å². The number of fused-ring (bicyclic) bond motifs is 1. The van der Waals surface area contributed by atoms with Crippen LogP contribution in [0.15, 0.2) is 18.2 Å². The van der Waals surface area contributed by atoms with Crippen molar-refractivity contribution < 1.29 is 4.39 Å². The average Bonchev–Trinajstić information content (AvgIpc) is 2.14. The van der Waals surface area contributed by atoms with Gasteiger partial charge in [-0.1, -0.05) is 0 Å². The van der Waals surface area contributed by atoms with Crippen molar-refractivity contribution >= 4 is 39.2 Å². The van der Waals surface area contributed by atoms with Crippen LogP contribution in [-0.2, 0) is 0 Å². The highest BCUT2D eigenvalue weighted by Crippen LogP contribution is 2.27. The molecule has 2 aromatic rings. The fourth-order valence-corrected chi connectivity index (χ4v) is 1.93. The van der Waals surface area contributed by atoms with Crippen molar-refractivity contribution in [3.63, 3.8) is 0 Å². The van der Waals surface area contributed by atoms with Crippen LogP contribution in [0, 0.1) is 16.3 Å². The lowest BCUT2D eigenvalue weighted by atomic mass is 10.2. The number of hydrogen-bond acceptors (Lipinski definition) is 2. The van der Waals surface area contributed by atoms with E-state index in [1.54, 1.807) is 0 Å². The Bertz CT molecular complexity index is 511. The molecule has 4 heteroatoms. The SMILES string of the molecule is Cc1ccc2c(I)c(N)cc(F)c2n1. The average molecular weight is 302 g/mol. The number of pyridine rings is 1. The van der Waals surface area contributed by atoms with Crippen molar-refractivity contribution in [2.75, 3.05) is 5.73 Å². The van der Waals surface area contributed by atoms with Gasteiger partial charge in [0.2, 0.25) is 0 Å². The van der Waals surface area contributed by atoms with E-state index in [1.807, 2.05) is 19.1 Å². The number of rotatable bonds is 0. The Kier molecular flexibility index (Phi) is 2.30. The van der Waals surface area contributed by atoms with Crippen LogP contribution in [0.5, 0.6) is 0 Å². The van der Waals surface area contributed by atoms with Gasteiger partial charge in [-0.15, -0.1) is 0 Å². The van der Waals surface area contributed by atoms with Gasteiger partial charge in [0, 0.05) is 26.4 Å². The zero-order valence-corrected chi connectivity index (χ0v) is 9.67. The third-order valence-corrected chi connectivity index (χ3v) is 3.24. The highest BCUT2D eigenvalue weighted by atomic mass is 127. The summed E-state index contributed by atoms with van der Waals surface area (Å²) in [5.74, 6) is -0.360. The van der Waals surface area contributed by atoms with Crippen molar-refractivity contribution in [2.45, 2.75) is 6.92 Å². The van der Waals surface area contributed by atoms with E-state index < -0.39 is 0 Å². The highest BCUT2D eigenvalue weighted by molar-refractivity contribution is 14.1.